The average molecular weight is 485 g/mol. The minimum atomic E-state index is -0.501. The predicted octanol–water partition coefficient (Wildman–Crippen LogP) is 4.27. The van der Waals surface area contributed by atoms with Crippen molar-refractivity contribution in [1.29, 1.82) is 0 Å². The van der Waals surface area contributed by atoms with Gasteiger partial charge in [0.2, 0.25) is 5.91 Å². The molecule has 0 aliphatic carbocycles. The van der Waals surface area contributed by atoms with Gasteiger partial charge in [-0.3, -0.25) is 18.7 Å². The van der Waals surface area contributed by atoms with Crippen LogP contribution in [0.4, 0.5) is 5.69 Å². The molecule has 0 spiro atoms. The molecule has 0 fully saturated rings. The molecule has 3 heterocycles. The Labute approximate surface area is 205 Å². The molecule has 3 aromatic heterocycles. The van der Waals surface area contributed by atoms with Crippen LogP contribution in [0, 0.1) is 13.8 Å². The molecule has 5 rings (SSSR count). The third-order valence-corrected chi connectivity index (χ3v) is 7.22. The van der Waals surface area contributed by atoms with Crippen LogP contribution in [0.1, 0.15) is 16.7 Å². The zero-order chi connectivity index (χ0) is 24.5. The van der Waals surface area contributed by atoms with Crippen LogP contribution >= 0.6 is 11.3 Å². The molecule has 0 atom stereocenters. The molecule has 176 valence electrons. The molecule has 0 aliphatic rings. The number of benzene rings is 2. The number of carbonyl (C=O) groups is 1. The summed E-state index contributed by atoms with van der Waals surface area (Å²) in [5, 5.41) is 3.64. The quantitative estimate of drug-likeness (QED) is 0.390. The second kappa shape index (κ2) is 9.31. The van der Waals surface area contributed by atoms with Crippen molar-refractivity contribution in [1.82, 2.24) is 14.1 Å². The number of amides is 1. The van der Waals surface area contributed by atoms with Gasteiger partial charge in [-0.15, -0.1) is 11.3 Å². The Bertz CT molecular complexity index is 1660. The highest BCUT2D eigenvalue weighted by atomic mass is 32.1. The molecule has 35 heavy (non-hydrogen) atoms. The first-order valence-corrected chi connectivity index (χ1v) is 12.2. The molecule has 0 radical (unpaired) electrons. The largest absolute Gasteiger partial charge is 0.332 e. The van der Waals surface area contributed by atoms with Gasteiger partial charge in [0.25, 0.3) is 5.56 Å². The highest BCUT2D eigenvalue weighted by Crippen LogP contribution is 2.29. The van der Waals surface area contributed by atoms with Gasteiger partial charge in [0.15, 0.2) is 0 Å². The van der Waals surface area contributed by atoms with Crippen molar-refractivity contribution in [2.75, 3.05) is 5.32 Å². The maximum Gasteiger partial charge on any atom is 0.332 e. The van der Waals surface area contributed by atoms with E-state index in [1.807, 2.05) is 68.4 Å². The number of hydrogen-bond donors (Lipinski definition) is 1. The fourth-order valence-corrected chi connectivity index (χ4v) is 5.44. The van der Waals surface area contributed by atoms with Crippen molar-refractivity contribution in [3.05, 3.63) is 104 Å². The first-order valence-electron chi connectivity index (χ1n) is 11.3. The third-order valence-electron chi connectivity index (χ3n) is 6.13. The molecule has 0 saturated carbocycles. The molecule has 0 bridgehead atoms. The van der Waals surface area contributed by atoms with E-state index < -0.39 is 5.69 Å². The lowest BCUT2D eigenvalue weighted by Crippen LogP contribution is -2.41. The van der Waals surface area contributed by atoms with Gasteiger partial charge in [0.05, 0.1) is 5.52 Å². The van der Waals surface area contributed by atoms with Gasteiger partial charge in [-0.05, 0) is 49.1 Å². The molecular weight excluding hydrogens is 460 g/mol. The first kappa shape index (κ1) is 22.7. The van der Waals surface area contributed by atoms with Crippen molar-refractivity contribution in [3.8, 4) is 0 Å². The summed E-state index contributed by atoms with van der Waals surface area (Å²) in [5.41, 5.74) is 3.24. The third kappa shape index (κ3) is 4.28. The summed E-state index contributed by atoms with van der Waals surface area (Å²) < 4.78 is 3.06. The van der Waals surface area contributed by atoms with Crippen LogP contribution in [0.2, 0.25) is 0 Å². The van der Waals surface area contributed by atoms with Crippen LogP contribution in [0.5, 0.6) is 0 Å². The van der Waals surface area contributed by atoms with E-state index in [1.54, 1.807) is 12.3 Å². The van der Waals surface area contributed by atoms with Gasteiger partial charge in [0, 0.05) is 23.8 Å². The zero-order valence-corrected chi connectivity index (χ0v) is 20.3. The normalized spacial score (nSPS) is 11.3. The number of pyridine rings is 1. The Morgan fingerprint density at radius 1 is 0.943 bits per heavy atom. The number of nitrogens with one attached hydrogen (secondary N) is 1. The van der Waals surface area contributed by atoms with E-state index in [0.29, 0.717) is 26.9 Å². The van der Waals surface area contributed by atoms with E-state index in [4.69, 9.17) is 0 Å². The Morgan fingerprint density at radius 2 is 1.69 bits per heavy atom. The maximum atomic E-state index is 13.6. The van der Waals surface area contributed by atoms with Crippen molar-refractivity contribution < 1.29 is 4.79 Å². The van der Waals surface area contributed by atoms with E-state index in [9.17, 15) is 14.4 Å². The highest BCUT2D eigenvalue weighted by molar-refractivity contribution is 7.25. The Kier molecular flexibility index (Phi) is 6.05. The van der Waals surface area contributed by atoms with Gasteiger partial charge in [-0.2, -0.15) is 0 Å². The van der Waals surface area contributed by atoms with Crippen LogP contribution in [0.25, 0.3) is 20.4 Å². The molecule has 1 N–H and O–H groups in total. The minimum Gasteiger partial charge on any atom is -0.324 e. The van der Waals surface area contributed by atoms with Crippen molar-refractivity contribution in [2.24, 2.45) is 0 Å². The van der Waals surface area contributed by atoms with E-state index in [0.717, 1.165) is 22.4 Å². The average Bonchev–Trinajstić information content (AvgIpc) is 3.25. The lowest BCUT2D eigenvalue weighted by atomic mass is 10.1. The Balaban J connectivity index is 1.61. The molecule has 0 unspecified atom stereocenters. The number of para-hydroxylation sites is 1. The molecule has 0 aliphatic heterocycles. The van der Waals surface area contributed by atoms with Gasteiger partial charge in [-0.25, -0.2) is 9.78 Å². The molecule has 2 aromatic carbocycles. The lowest BCUT2D eigenvalue weighted by molar-refractivity contribution is -0.116. The number of carbonyl (C=O) groups excluding carboxylic acids is 1. The number of aromatic nitrogens is 3. The Morgan fingerprint density at radius 3 is 2.43 bits per heavy atom. The summed E-state index contributed by atoms with van der Waals surface area (Å²) in [6.07, 6.45) is 2.18. The van der Waals surface area contributed by atoms with Crippen molar-refractivity contribution in [2.45, 2.75) is 33.4 Å². The number of rotatable bonds is 6. The van der Waals surface area contributed by atoms with Gasteiger partial charge in [-0.1, -0.05) is 48.5 Å². The van der Waals surface area contributed by atoms with Crippen molar-refractivity contribution >= 4 is 43.4 Å². The monoisotopic (exact) mass is 484 g/mol. The fraction of sp³-hybridized carbons (Fsp3) is 0.185. The molecular formula is C27H24N4O3S. The summed E-state index contributed by atoms with van der Waals surface area (Å²) in [4.78, 5) is 45.2. The Hall–Kier alpha value is -4.04. The summed E-state index contributed by atoms with van der Waals surface area (Å²) >= 11 is 1.25. The lowest BCUT2D eigenvalue weighted by Gasteiger charge is -2.15. The van der Waals surface area contributed by atoms with E-state index in [1.165, 1.54) is 20.5 Å². The van der Waals surface area contributed by atoms with Crippen LogP contribution in [-0.2, 0) is 24.3 Å². The standard InChI is InChI=1S/C27H24N4O3S/c1-17-8-6-9-18(2)22(17)29-21(32)16-31-23-20-12-7-14-28-25(20)35-24(23)26(33)30(27(31)34)15-13-19-10-4-3-5-11-19/h3-12,14H,13,15-16H2,1-2H3,(H,29,32). The van der Waals surface area contributed by atoms with Crippen LogP contribution in [0.3, 0.4) is 0 Å². The first-order chi connectivity index (χ1) is 16.9. The van der Waals surface area contributed by atoms with Crippen LogP contribution < -0.4 is 16.6 Å². The van der Waals surface area contributed by atoms with Crippen LogP contribution in [0.15, 0.2) is 76.4 Å². The molecule has 1 amide bonds. The molecule has 0 saturated heterocycles. The maximum absolute atomic E-state index is 13.6. The highest BCUT2D eigenvalue weighted by Gasteiger charge is 2.20. The predicted molar refractivity (Wildman–Crippen MR) is 140 cm³/mol. The number of anilines is 1. The number of nitrogens with zero attached hydrogens (tertiary/aromatic N) is 3. The summed E-state index contributed by atoms with van der Waals surface area (Å²) in [6.45, 7) is 3.86. The number of thiophene rings is 1. The van der Waals surface area contributed by atoms with E-state index >= 15 is 0 Å². The van der Waals surface area contributed by atoms with Gasteiger partial charge >= 0.3 is 5.69 Å². The number of fused-ring (bicyclic) bond motifs is 3. The zero-order valence-electron chi connectivity index (χ0n) is 19.4. The fourth-order valence-electron chi connectivity index (χ4n) is 4.35. The summed E-state index contributed by atoms with van der Waals surface area (Å²) in [5.74, 6) is -0.331. The molecule has 8 heteroatoms. The van der Waals surface area contributed by atoms with Gasteiger partial charge < -0.3 is 5.32 Å². The summed E-state index contributed by atoms with van der Waals surface area (Å²) in [6, 6.07) is 19.1. The molecule has 5 aromatic rings. The number of hydrogen-bond acceptors (Lipinski definition) is 5. The van der Waals surface area contributed by atoms with Crippen molar-refractivity contribution in [3.63, 3.8) is 0 Å². The smallest absolute Gasteiger partial charge is 0.324 e. The van der Waals surface area contributed by atoms with Gasteiger partial charge in [0.1, 0.15) is 16.1 Å². The molecule has 7 nitrogen and oxygen atoms in total. The SMILES string of the molecule is Cc1cccc(C)c1NC(=O)Cn1c(=O)n(CCc2ccccc2)c(=O)c2sc3ncccc3c21. The number of aryl methyl sites for hydroxylation is 3. The summed E-state index contributed by atoms with van der Waals surface area (Å²) in [7, 11) is 0. The van der Waals surface area contributed by atoms with E-state index in [-0.39, 0.29) is 24.6 Å². The topological polar surface area (TPSA) is 86.0 Å². The minimum absolute atomic E-state index is 0.213. The second-order valence-corrected chi connectivity index (χ2v) is 9.51. The van der Waals surface area contributed by atoms with E-state index in [2.05, 4.69) is 10.3 Å². The second-order valence-electron chi connectivity index (χ2n) is 8.51. The van der Waals surface area contributed by atoms with Crippen LogP contribution in [-0.4, -0.2) is 20.0 Å².